The fourth-order valence-corrected chi connectivity index (χ4v) is 4.22. The summed E-state index contributed by atoms with van der Waals surface area (Å²) in [5, 5.41) is 8.02. The molecule has 1 aromatic carbocycles. The predicted octanol–water partition coefficient (Wildman–Crippen LogP) is 2.41. The molecule has 1 amide bonds. The summed E-state index contributed by atoms with van der Waals surface area (Å²) in [4.78, 5) is 12.1. The largest absolute Gasteiger partial charge is 0.351 e. The summed E-state index contributed by atoms with van der Waals surface area (Å²) >= 11 is 3.13. The molecule has 0 aromatic heterocycles. The molecule has 3 N–H and O–H groups in total. The molecule has 116 valence electrons. The van der Waals surface area contributed by atoms with E-state index in [1.54, 1.807) is 6.07 Å². The first-order valence-electron chi connectivity index (χ1n) is 6.82. The second kappa shape index (κ2) is 6.06. The van der Waals surface area contributed by atoms with Gasteiger partial charge in [-0.25, -0.2) is 13.6 Å². The molecule has 0 bridgehead atoms. The molecule has 7 heteroatoms. The lowest BCUT2D eigenvalue weighted by atomic mass is 9.89. The summed E-state index contributed by atoms with van der Waals surface area (Å²) in [6.45, 7) is 2.77. The van der Waals surface area contributed by atoms with E-state index in [4.69, 9.17) is 5.14 Å². The van der Waals surface area contributed by atoms with E-state index < -0.39 is 10.0 Å². The first-order chi connectivity index (χ1) is 9.71. The van der Waals surface area contributed by atoms with E-state index >= 15 is 0 Å². The molecule has 1 aliphatic carbocycles. The molecular weight excluding hydrogens is 356 g/mol. The van der Waals surface area contributed by atoms with Crippen LogP contribution in [0.3, 0.4) is 0 Å². The Morgan fingerprint density at radius 2 is 2.00 bits per heavy atom. The van der Waals surface area contributed by atoms with Crippen molar-refractivity contribution in [1.29, 1.82) is 0 Å². The molecule has 0 heterocycles. The average Bonchev–Trinajstić information content (AvgIpc) is 2.83. The van der Waals surface area contributed by atoms with Crippen LogP contribution in [0.4, 0.5) is 0 Å². The van der Waals surface area contributed by atoms with Crippen molar-refractivity contribution in [3.63, 3.8) is 0 Å². The second-order valence-electron chi connectivity index (χ2n) is 5.89. The Balaban J connectivity index is 2.13. The number of rotatable bonds is 4. The number of halogens is 1. The molecule has 1 fully saturated rings. The molecule has 1 aromatic rings. The smallest absolute Gasteiger partial charge is 0.251 e. The van der Waals surface area contributed by atoms with Crippen molar-refractivity contribution >= 4 is 31.9 Å². The highest BCUT2D eigenvalue weighted by Crippen LogP contribution is 2.36. The molecule has 5 nitrogen and oxygen atoms in total. The average molecular weight is 375 g/mol. The third-order valence-corrected chi connectivity index (χ3v) is 5.89. The van der Waals surface area contributed by atoms with Gasteiger partial charge in [0.25, 0.3) is 5.91 Å². The summed E-state index contributed by atoms with van der Waals surface area (Å²) in [7, 11) is -3.86. The normalized spacial score (nSPS) is 17.7. The van der Waals surface area contributed by atoms with Gasteiger partial charge in [0, 0.05) is 16.6 Å². The van der Waals surface area contributed by atoms with E-state index in [1.165, 1.54) is 25.0 Å². The molecule has 0 spiro atoms. The molecule has 0 saturated heterocycles. The first kappa shape index (κ1) is 16.5. The summed E-state index contributed by atoms with van der Waals surface area (Å²) in [5.41, 5.74) is 0.442. The minimum absolute atomic E-state index is 0.0813. The molecule has 21 heavy (non-hydrogen) atoms. The van der Waals surface area contributed by atoms with Crippen LogP contribution >= 0.6 is 15.9 Å². The number of amides is 1. The molecule has 0 aliphatic heterocycles. The number of primary sulfonamides is 1. The van der Waals surface area contributed by atoms with Gasteiger partial charge >= 0.3 is 0 Å². The van der Waals surface area contributed by atoms with Gasteiger partial charge in [-0.15, -0.1) is 0 Å². The van der Waals surface area contributed by atoms with E-state index in [2.05, 4.69) is 28.2 Å². The van der Waals surface area contributed by atoms with Gasteiger partial charge in [0.2, 0.25) is 10.0 Å². The van der Waals surface area contributed by atoms with Crippen molar-refractivity contribution in [2.75, 3.05) is 6.54 Å². The minimum Gasteiger partial charge on any atom is -0.351 e. The zero-order chi connectivity index (χ0) is 15.7. The molecule has 2 rings (SSSR count). The van der Waals surface area contributed by atoms with Crippen molar-refractivity contribution in [2.45, 2.75) is 37.5 Å². The van der Waals surface area contributed by atoms with Crippen LogP contribution in [0.2, 0.25) is 0 Å². The SMILES string of the molecule is CC1(CNC(=O)c2ccc(Br)c(S(N)(=O)=O)c2)CCCC1. The molecule has 0 atom stereocenters. The van der Waals surface area contributed by atoms with Gasteiger partial charge in [0.15, 0.2) is 0 Å². The maximum absolute atomic E-state index is 12.2. The highest BCUT2D eigenvalue weighted by Gasteiger charge is 2.29. The first-order valence-corrected chi connectivity index (χ1v) is 9.16. The fourth-order valence-electron chi connectivity index (χ4n) is 2.66. The Hall–Kier alpha value is -0.920. The predicted molar refractivity (Wildman–Crippen MR) is 84.4 cm³/mol. The summed E-state index contributed by atoms with van der Waals surface area (Å²) < 4.78 is 23.3. The highest BCUT2D eigenvalue weighted by molar-refractivity contribution is 9.10. The van der Waals surface area contributed by atoms with Crippen molar-refractivity contribution in [1.82, 2.24) is 5.32 Å². The zero-order valence-corrected chi connectivity index (χ0v) is 14.3. The molecule has 1 aliphatic rings. The molecule has 1 saturated carbocycles. The molecule has 0 unspecified atom stereocenters. The lowest BCUT2D eigenvalue weighted by Gasteiger charge is -2.23. The highest BCUT2D eigenvalue weighted by atomic mass is 79.9. The van der Waals surface area contributed by atoms with Crippen molar-refractivity contribution in [3.05, 3.63) is 28.2 Å². The van der Waals surface area contributed by atoms with Crippen LogP contribution in [-0.2, 0) is 10.0 Å². The van der Waals surface area contributed by atoms with E-state index in [-0.39, 0.29) is 16.2 Å². The number of nitrogens with two attached hydrogens (primary N) is 1. The number of hydrogen-bond acceptors (Lipinski definition) is 3. The Morgan fingerprint density at radius 1 is 1.38 bits per heavy atom. The van der Waals surface area contributed by atoms with Gasteiger partial charge in [-0.05, 0) is 52.4 Å². The van der Waals surface area contributed by atoms with Crippen LogP contribution in [-0.4, -0.2) is 20.9 Å². The van der Waals surface area contributed by atoms with Gasteiger partial charge in [-0.3, -0.25) is 4.79 Å². The number of hydrogen-bond donors (Lipinski definition) is 2. The van der Waals surface area contributed by atoms with Crippen molar-refractivity contribution < 1.29 is 13.2 Å². The number of carbonyl (C=O) groups excluding carboxylic acids is 1. The monoisotopic (exact) mass is 374 g/mol. The van der Waals surface area contributed by atoms with Crippen LogP contribution in [0.25, 0.3) is 0 Å². The van der Waals surface area contributed by atoms with E-state index in [1.807, 2.05) is 0 Å². The maximum atomic E-state index is 12.2. The van der Waals surface area contributed by atoms with Crippen LogP contribution in [0.5, 0.6) is 0 Å². The maximum Gasteiger partial charge on any atom is 0.251 e. The molecule has 0 radical (unpaired) electrons. The third-order valence-electron chi connectivity index (χ3n) is 3.99. The van der Waals surface area contributed by atoms with Crippen LogP contribution < -0.4 is 10.5 Å². The minimum atomic E-state index is -3.86. The fraction of sp³-hybridized carbons (Fsp3) is 0.500. The Bertz CT molecular complexity index is 652. The van der Waals surface area contributed by atoms with Gasteiger partial charge in [-0.2, -0.15) is 0 Å². The van der Waals surface area contributed by atoms with Crippen LogP contribution in [0.1, 0.15) is 43.0 Å². The van der Waals surface area contributed by atoms with E-state index in [0.29, 0.717) is 16.6 Å². The number of nitrogens with one attached hydrogen (secondary N) is 1. The third kappa shape index (κ3) is 4.05. The van der Waals surface area contributed by atoms with Gasteiger partial charge in [0.05, 0.1) is 4.90 Å². The van der Waals surface area contributed by atoms with Crippen molar-refractivity contribution in [2.24, 2.45) is 10.6 Å². The van der Waals surface area contributed by atoms with Gasteiger partial charge in [0.1, 0.15) is 0 Å². The van der Waals surface area contributed by atoms with Crippen LogP contribution in [0, 0.1) is 5.41 Å². The Labute approximate surface area is 133 Å². The van der Waals surface area contributed by atoms with Gasteiger partial charge < -0.3 is 5.32 Å². The molecular formula is C14H19BrN2O3S. The number of benzene rings is 1. The summed E-state index contributed by atoms with van der Waals surface area (Å²) in [5.74, 6) is -0.277. The lowest BCUT2D eigenvalue weighted by molar-refractivity contribution is 0.0934. The Morgan fingerprint density at radius 3 is 2.57 bits per heavy atom. The van der Waals surface area contributed by atoms with Crippen LogP contribution in [0.15, 0.2) is 27.6 Å². The number of carbonyl (C=O) groups is 1. The second-order valence-corrected chi connectivity index (χ2v) is 8.27. The summed E-state index contributed by atoms with van der Waals surface area (Å²) in [6, 6.07) is 4.39. The standard InChI is InChI=1S/C14H19BrN2O3S/c1-14(6-2-3-7-14)9-17-13(18)10-4-5-11(15)12(8-10)21(16,19)20/h4-5,8H,2-3,6-7,9H2,1H3,(H,17,18)(H2,16,19,20). The lowest BCUT2D eigenvalue weighted by Crippen LogP contribution is -2.34. The Kier molecular flexibility index (Phi) is 4.75. The zero-order valence-electron chi connectivity index (χ0n) is 11.9. The quantitative estimate of drug-likeness (QED) is 0.847. The van der Waals surface area contributed by atoms with Crippen molar-refractivity contribution in [3.8, 4) is 0 Å². The topological polar surface area (TPSA) is 89.3 Å². The summed E-state index contributed by atoms with van der Waals surface area (Å²) in [6.07, 6.45) is 4.60. The van der Waals surface area contributed by atoms with E-state index in [9.17, 15) is 13.2 Å². The number of sulfonamides is 1. The van der Waals surface area contributed by atoms with E-state index in [0.717, 1.165) is 12.8 Å². The van der Waals surface area contributed by atoms with Gasteiger partial charge in [-0.1, -0.05) is 19.8 Å².